The SMILES string of the molecule is NC1=CC(c2coc3ccccc23)N(Cc2cccc(F)c2)O1. The van der Waals surface area contributed by atoms with Gasteiger partial charge in [0.2, 0.25) is 5.88 Å². The van der Waals surface area contributed by atoms with Crippen LogP contribution in [0.4, 0.5) is 4.39 Å². The van der Waals surface area contributed by atoms with Crippen LogP contribution in [0.3, 0.4) is 0 Å². The number of nitrogens with zero attached hydrogens (tertiary/aromatic N) is 1. The zero-order valence-corrected chi connectivity index (χ0v) is 12.3. The number of para-hydroxylation sites is 1. The molecule has 0 amide bonds. The third-order valence-electron chi connectivity index (χ3n) is 3.91. The third kappa shape index (κ3) is 2.55. The van der Waals surface area contributed by atoms with E-state index in [9.17, 15) is 4.39 Å². The van der Waals surface area contributed by atoms with Gasteiger partial charge in [-0.25, -0.2) is 4.39 Å². The van der Waals surface area contributed by atoms with Crippen molar-refractivity contribution < 1.29 is 13.6 Å². The average molecular weight is 310 g/mol. The Morgan fingerprint density at radius 1 is 1.13 bits per heavy atom. The van der Waals surface area contributed by atoms with Crippen molar-refractivity contribution in [1.82, 2.24) is 5.06 Å². The minimum absolute atomic E-state index is 0.179. The Bertz CT molecular complexity index is 887. The first kappa shape index (κ1) is 13.8. The zero-order chi connectivity index (χ0) is 15.8. The van der Waals surface area contributed by atoms with Crippen molar-refractivity contribution in [2.75, 3.05) is 0 Å². The molecular weight excluding hydrogens is 295 g/mol. The molecule has 0 bridgehead atoms. The lowest BCUT2D eigenvalue weighted by Crippen LogP contribution is -2.23. The Morgan fingerprint density at radius 3 is 2.87 bits per heavy atom. The number of halogens is 1. The van der Waals surface area contributed by atoms with Gasteiger partial charge in [-0.15, -0.1) is 5.06 Å². The Labute approximate surface area is 132 Å². The number of hydroxylamine groups is 2. The lowest BCUT2D eigenvalue weighted by atomic mass is 10.1. The van der Waals surface area contributed by atoms with Gasteiger partial charge in [-0.3, -0.25) is 0 Å². The van der Waals surface area contributed by atoms with E-state index in [-0.39, 0.29) is 11.9 Å². The maximum Gasteiger partial charge on any atom is 0.207 e. The molecule has 2 aromatic carbocycles. The van der Waals surface area contributed by atoms with E-state index < -0.39 is 0 Å². The molecule has 2 heterocycles. The lowest BCUT2D eigenvalue weighted by Gasteiger charge is -2.22. The highest BCUT2D eigenvalue weighted by Gasteiger charge is 2.30. The van der Waals surface area contributed by atoms with Crippen LogP contribution >= 0.6 is 0 Å². The number of benzene rings is 2. The highest BCUT2D eigenvalue weighted by Crippen LogP contribution is 2.36. The summed E-state index contributed by atoms with van der Waals surface area (Å²) < 4.78 is 19.0. The topological polar surface area (TPSA) is 51.6 Å². The fourth-order valence-electron chi connectivity index (χ4n) is 2.88. The van der Waals surface area contributed by atoms with Crippen molar-refractivity contribution in [2.45, 2.75) is 12.6 Å². The summed E-state index contributed by atoms with van der Waals surface area (Å²) in [4.78, 5) is 5.60. The number of hydrogen-bond acceptors (Lipinski definition) is 4. The van der Waals surface area contributed by atoms with Gasteiger partial charge in [0.1, 0.15) is 11.4 Å². The normalized spacial score (nSPS) is 18.1. The van der Waals surface area contributed by atoms with Crippen LogP contribution in [-0.4, -0.2) is 5.06 Å². The molecule has 116 valence electrons. The smallest absolute Gasteiger partial charge is 0.207 e. The molecule has 0 radical (unpaired) electrons. The first-order valence-corrected chi connectivity index (χ1v) is 7.33. The Kier molecular flexibility index (Phi) is 3.28. The van der Waals surface area contributed by atoms with E-state index in [1.54, 1.807) is 17.4 Å². The molecule has 1 aliphatic heterocycles. The number of rotatable bonds is 3. The van der Waals surface area contributed by atoms with E-state index >= 15 is 0 Å². The zero-order valence-electron chi connectivity index (χ0n) is 12.3. The largest absolute Gasteiger partial charge is 0.464 e. The van der Waals surface area contributed by atoms with Crippen molar-refractivity contribution in [3.63, 3.8) is 0 Å². The summed E-state index contributed by atoms with van der Waals surface area (Å²) in [7, 11) is 0. The highest BCUT2D eigenvalue weighted by molar-refractivity contribution is 5.81. The highest BCUT2D eigenvalue weighted by atomic mass is 19.1. The standard InChI is InChI=1S/C18H15FN2O2/c19-13-5-3-4-12(8-13)10-21-16(9-18(20)23-21)15-11-22-17-7-2-1-6-14(15)17/h1-9,11,16H,10,20H2. The van der Waals surface area contributed by atoms with Gasteiger partial charge in [-0.1, -0.05) is 30.3 Å². The summed E-state index contributed by atoms with van der Waals surface area (Å²) in [5.41, 5.74) is 8.43. The maximum atomic E-state index is 13.4. The predicted octanol–water partition coefficient (Wildman–Crippen LogP) is 3.86. The molecule has 4 rings (SSSR count). The van der Waals surface area contributed by atoms with E-state index in [1.807, 2.05) is 36.4 Å². The molecule has 0 saturated heterocycles. The van der Waals surface area contributed by atoms with Gasteiger partial charge in [-0.2, -0.15) is 0 Å². The van der Waals surface area contributed by atoms with Crippen LogP contribution in [0.5, 0.6) is 0 Å². The second-order valence-corrected chi connectivity index (χ2v) is 5.50. The Balaban J connectivity index is 1.68. The fraction of sp³-hybridized carbons (Fsp3) is 0.111. The van der Waals surface area contributed by atoms with Crippen LogP contribution in [0.1, 0.15) is 17.2 Å². The number of hydrogen-bond donors (Lipinski definition) is 1. The number of furan rings is 1. The number of nitrogens with two attached hydrogens (primary N) is 1. The molecule has 5 heteroatoms. The van der Waals surface area contributed by atoms with Gasteiger partial charge in [0.15, 0.2) is 0 Å². The van der Waals surface area contributed by atoms with Gasteiger partial charge in [0, 0.05) is 17.0 Å². The summed E-state index contributed by atoms with van der Waals surface area (Å²) in [6, 6.07) is 14.1. The van der Waals surface area contributed by atoms with Gasteiger partial charge < -0.3 is 15.0 Å². The second kappa shape index (κ2) is 5.44. The van der Waals surface area contributed by atoms with Crippen molar-refractivity contribution in [1.29, 1.82) is 0 Å². The minimum atomic E-state index is -0.270. The maximum absolute atomic E-state index is 13.4. The van der Waals surface area contributed by atoms with E-state index in [1.165, 1.54) is 12.1 Å². The van der Waals surface area contributed by atoms with Crippen molar-refractivity contribution in [3.05, 3.63) is 83.7 Å². The molecule has 0 fully saturated rings. The van der Waals surface area contributed by atoms with Crippen LogP contribution in [-0.2, 0) is 11.4 Å². The molecule has 0 saturated carbocycles. The monoisotopic (exact) mass is 310 g/mol. The van der Waals surface area contributed by atoms with Gasteiger partial charge >= 0.3 is 0 Å². The molecule has 2 N–H and O–H groups in total. The van der Waals surface area contributed by atoms with E-state index in [4.69, 9.17) is 15.0 Å². The average Bonchev–Trinajstić information content (AvgIpc) is 3.10. The summed E-state index contributed by atoms with van der Waals surface area (Å²) in [5.74, 6) is 0.0598. The van der Waals surface area contributed by atoms with Crippen LogP contribution < -0.4 is 5.73 Å². The Hall–Kier alpha value is -2.79. The molecule has 3 aromatic rings. The Morgan fingerprint density at radius 2 is 2.00 bits per heavy atom. The first-order chi connectivity index (χ1) is 11.2. The van der Waals surface area contributed by atoms with Crippen molar-refractivity contribution in [3.8, 4) is 0 Å². The summed E-state index contributed by atoms with van der Waals surface area (Å²) in [5, 5.41) is 2.73. The molecule has 4 nitrogen and oxygen atoms in total. The van der Waals surface area contributed by atoms with Gasteiger partial charge in [-0.05, 0) is 23.8 Å². The molecular formula is C18H15FN2O2. The van der Waals surface area contributed by atoms with E-state index in [0.717, 1.165) is 22.1 Å². The quantitative estimate of drug-likeness (QED) is 0.798. The lowest BCUT2D eigenvalue weighted by molar-refractivity contribution is -0.127. The molecule has 1 unspecified atom stereocenters. The summed E-state index contributed by atoms with van der Waals surface area (Å²) in [6.07, 6.45) is 3.54. The third-order valence-corrected chi connectivity index (χ3v) is 3.91. The van der Waals surface area contributed by atoms with E-state index in [0.29, 0.717) is 12.4 Å². The first-order valence-electron chi connectivity index (χ1n) is 7.33. The van der Waals surface area contributed by atoms with Crippen LogP contribution in [0.2, 0.25) is 0 Å². The molecule has 1 aliphatic rings. The van der Waals surface area contributed by atoms with Gasteiger partial charge in [0.05, 0.1) is 18.8 Å². The minimum Gasteiger partial charge on any atom is -0.464 e. The summed E-state index contributed by atoms with van der Waals surface area (Å²) in [6.45, 7) is 0.416. The van der Waals surface area contributed by atoms with E-state index in [2.05, 4.69) is 0 Å². The molecule has 0 spiro atoms. The molecule has 1 aromatic heterocycles. The molecule has 23 heavy (non-hydrogen) atoms. The fourth-order valence-corrected chi connectivity index (χ4v) is 2.88. The van der Waals surface area contributed by atoms with Crippen LogP contribution in [0.25, 0.3) is 11.0 Å². The molecule has 1 atom stereocenters. The predicted molar refractivity (Wildman–Crippen MR) is 84.3 cm³/mol. The summed E-state index contributed by atoms with van der Waals surface area (Å²) >= 11 is 0. The van der Waals surface area contributed by atoms with Crippen LogP contribution in [0, 0.1) is 5.82 Å². The number of fused-ring (bicyclic) bond motifs is 1. The van der Waals surface area contributed by atoms with Crippen molar-refractivity contribution in [2.24, 2.45) is 5.73 Å². The second-order valence-electron chi connectivity index (χ2n) is 5.50. The van der Waals surface area contributed by atoms with Crippen molar-refractivity contribution >= 4 is 11.0 Å². The molecule has 0 aliphatic carbocycles. The van der Waals surface area contributed by atoms with Crippen LogP contribution in [0.15, 0.2) is 71.2 Å². The van der Waals surface area contributed by atoms with Gasteiger partial charge in [0.25, 0.3) is 0 Å².